The van der Waals surface area contributed by atoms with Crippen LogP contribution in [0.3, 0.4) is 0 Å². The number of methoxy groups -OCH3 is 2. The van der Waals surface area contributed by atoms with Gasteiger partial charge in [-0.05, 0) is 55.2 Å². The SMILES string of the molecule is COC(=O)CC(C(=S)OC)c1cc(C)c(O)c(C)c1C. The lowest BCUT2D eigenvalue weighted by Crippen LogP contribution is -2.19. The van der Waals surface area contributed by atoms with Gasteiger partial charge in [0.1, 0.15) is 5.75 Å². The third-order valence-corrected chi connectivity index (χ3v) is 4.01. The molecule has 0 fully saturated rings. The van der Waals surface area contributed by atoms with Gasteiger partial charge in [0.15, 0.2) is 5.05 Å². The summed E-state index contributed by atoms with van der Waals surface area (Å²) in [5.74, 6) is -0.441. The number of aromatic hydroxyl groups is 1. The molecule has 0 amide bonds. The number of aryl methyl sites for hydroxylation is 1. The number of phenolic OH excluding ortho intramolecular Hbond substituents is 1. The second-order valence-corrected chi connectivity index (χ2v) is 5.14. The predicted octanol–water partition coefficient (Wildman–Crippen LogP) is 2.94. The number of rotatable bonds is 4. The third kappa shape index (κ3) is 3.28. The quantitative estimate of drug-likeness (QED) is 0.684. The number of phenols is 1. The van der Waals surface area contributed by atoms with E-state index in [1.807, 2.05) is 26.8 Å². The Morgan fingerprint density at radius 3 is 2.35 bits per heavy atom. The van der Waals surface area contributed by atoms with Crippen molar-refractivity contribution in [2.24, 2.45) is 0 Å². The van der Waals surface area contributed by atoms with Crippen LogP contribution in [0.15, 0.2) is 6.07 Å². The van der Waals surface area contributed by atoms with E-state index in [0.717, 1.165) is 22.3 Å². The van der Waals surface area contributed by atoms with Crippen molar-refractivity contribution in [3.8, 4) is 5.75 Å². The summed E-state index contributed by atoms with van der Waals surface area (Å²) in [6.07, 6.45) is 0.119. The molecule has 0 spiro atoms. The van der Waals surface area contributed by atoms with Gasteiger partial charge in [-0.1, -0.05) is 6.07 Å². The number of ether oxygens (including phenoxy) is 2. The van der Waals surface area contributed by atoms with Crippen molar-refractivity contribution in [3.05, 3.63) is 28.3 Å². The number of benzene rings is 1. The molecule has 1 aromatic carbocycles. The molecule has 110 valence electrons. The van der Waals surface area contributed by atoms with Crippen molar-refractivity contribution in [1.29, 1.82) is 0 Å². The monoisotopic (exact) mass is 296 g/mol. The minimum atomic E-state index is -0.361. The first-order chi connectivity index (χ1) is 9.33. The Hall–Kier alpha value is -1.62. The first-order valence-electron chi connectivity index (χ1n) is 6.27. The van der Waals surface area contributed by atoms with E-state index >= 15 is 0 Å². The van der Waals surface area contributed by atoms with Gasteiger partial charge in [-0.3, -0.25) is 4.79 Å². The summed E-state index contributed by atoms with van der Waals surface area (Å²) in [6, 6.07) is 1.84. The Kier molecular flexibility index (Phi) is 5.51. The molecular weight excluding hydrogens is 276 g/mol. The van der Waals surface area contributed by atoms with Gasteiger partial charge in [0, 0.05) is 0 Å². The third-order valence-electron chi connectivity index (χ3n) is 3.56. The average Bonchev–Trinajstić information content (AvgIpc) is 2.45. The molecule has 0 aliphatic heterocycles. The van der Waals surface area contributed by atoms with Crippen LogP contribution < -0.4 is 0 Å². The summed E-state index contributed by atoms with van der Waals surface area (Å²) in [6.45, 7) is 5.55. The van der Waals surface area contributed by atoms with Crippen molar-refractivity contribution in [1.82, 2.24) is 0 Å². The Labute approximate surface area is 124 Å². The molecular formula is C15H20O4S. The van der Waals surface area contributed by atoms with E-state index in [4.69, 9.17) is 21.7 Å². The summed E-state index contributed by atoms with van der Waals surface area (Å²) < 4.78 is 9.86. The molecule has 0 radical (unpaired) electrons. The molecule has 0 heterocycles. The van der Waals surface area contributed by atoms with Gasteiger partial charge < -0.3 is 14.6 Å². The van der Waals surface area contributed by atoms with Gasteiger partial charge in [-0.25, -0.2) is 0 Å². The summed E-state index contributed by atoms with van der Waals surface area (Å²) in [5.41, 5.74) is 3.32. The van der Waals surface area contributed by atoms with E-state index in [0.29, 0.717) is 5.05 Å². The topological polar surface area (TPSA) is 55.8 Å². The van der Waals surface area contributed by atoms with E-state index in [-0.39, 0.29) is 24.1 Å². The smallest absolute Gasteiger partial charge is 0.306 e. The Bertz CT molecular complexity index is 537. The van der Waals surface area contributed by atoms with E-state index in [2.05, 4.69) is 0 Å². The van der Waals surface area contributed by atoms with Crippen LogP contribution in [0, 0.1) is 20.8 Å². The van der Waals surface area contributed by atoms with Crippen molar-refractivity contribution in [3.63, 3.8) is 0 Å². The fourth-order valence-corrected chi connectivity index (χ4v) is 2.38. The fourth-order valence-electron chi connectivity index (χ4n) is 2.17. The van der Waals surface area contributed by atoms with Crippen molar-refractivity contribution >= 4 is 23.2 Å². The number of thiocarbonyl (C=S) groups is 1. The number of hydrogen-bond donors (Lipinski definition) is 1. The second kappa shape index (κ2) is 6.70. The van der Waals surface area contributed by atoms with Crippen LogP contribution in [0.1, 0.15) is 34.6 Å². The maximum Gasteiger partial charge on any atom is 0.306 e. The molecule has 20 heavy (non-hydrogen) atoms. The van der Waals surface area contributed by atoms with Gasteiger partial charge in [0.05, 0.1) is 26.6 Å². The first-order valence-corrected chi connectivity index (χ1v) is 6.68. The first kappa shape index (κ1) is 16.4. The van der Waals surface area contributed by atoms with Gasteiger partial charge >= 0.3 is 5.97 Å². The largest absolute Gasteiger partial charge is 0.507 e. The molecule has 0 aliphatic rings. The van der Waals surface area contributed by atoms with E-state index in [1.54, 1.807) is 0 Å². The molecule has 1 unspecified atom stereocenters. The van der Waals surface area contributed by atoms with E-state index < -0.39 is 0 Å². The minimum Gasteiger partial charge on any atom is -0.507 e. The molecule has 5 heteroatoms. The number of carbonyl (C=O) groups excluding carboxylic acids is 1. The highest BCUT2D eigenvalue weighted by Crippen LogP contribution is 2.34. The number of esters is 1. The zero-order chi connectivity index (χ0) is 15.4. The highest BCUT2D eigenvalue weighted by molar-refractivity contribution is 7.80. The summed E-state index contributed by atoms with van der Waals surface area (Å²) in [4.78, 5) is 11.6. The van der Waals surface area contributed by atoms with Gasteiger partial charge in [-0.2, -0.15) is 0 Å². The van der Waals surface area contributed by atoms with E-state index in [1.165, 1.54) is 14.2 Å². The van der Waals surface area contributed by atoms with Gasteiger partial charge in [0.2, 0.25) is 0 Å². The Morgan fingerprint density at radius 2 is 1.85 bits per heavy atom. The van der Waals surface area contributed by atoms with Crippen molar-refractivity contribution in [2.75, 3.05) is 14.2 Å². The van der Waals surface area contributed by atoms with Crippen LogP contribution in [0.25, 0.3) is 0 Å². The Morgan fingerprint density at radius 1 is 1.25 bits per heavy atom. The molecule has 1 N–H and O–H groups in total. The van der Waals surface area contributed by atoms with Crippen molar-refractivity contribution < 1.29 is 19.4 Å². The summed E-state index contributed by atoms with van der Waals surface area (Å²) in [5, 5.41) is 10.3. The molecule has 0 bridgehead atoms. The van der Waals surface area contributed by atoms with Crippen LogP contribution in [0.4, 0.5) is 0 Å². The fraction of sp³-hybridized carbons (Fsp3) is 0.467. The van der Waals surface area contributed by atoms with Crippen LogP contribution >= 0.6 is 12.2 Å². The van der Waals surface area contributed by atoms with Gasteiger partial charge in [0.25, 0.3) is 0 Å². The zero-order valence-corrected chi connectivity index (χ0v) is 13.3. The molecule has 0 aliphatic carbocycles. The van der Waals surface area contributed by atoms with Gasteiger partial charge in [-0.15, -0.1) is 0 Å². The maximum absolute atomic E-state index is 11.6. The normalized spacial score (nSPS) is 11.8. The average molecular weight is 296 g/mol. The molecule has 1 aromatic rings. The standard InChI is InChI=1S/C15H20O4S/c1-8-6-11(9(2)10(3)14(8)17)12(15(20)19-5)7-13(16)18-4/h6,12,17H,7H2,1-5H3. The number of hydrogen-bond acceptors (Lipinski definition) is 5. The molecule has 1 rings (SSSR count). The summed E-state index contributed by atoms with van der Waals surface area (Å²) in [7, 11) is 2.83. The maximum atomic E-state index is 11.6. The second-order valence-electron chi connectivity index (χ2n) is 4.74. The van der Waals surface area contributed by atoms with E-state index in [9.17, 15) is 9.90 Å². The predicted molar refractivity (Wildman–Crippen MR) is 81.3 cm³/mol. The van der Waals surface area contributed by atoms with Crippen LogP contribution in [-0.4, -0.2) is 30.3 Å². The van der Waals surface area contributed by atoms with Crippen LogP contribution in [0.2, 0.25) is 0 Å². The summed E-state index contributed by atoms with van der Waals surface area (Å²) >= 11 is 5.21. The molecule has 0 saturated carbocycles. The highest BCUT2D eigenvalue weighted by Gasteiger charge is 2.25. The minimum absolute atomic E-state index is 0.119. The zero-order valence-electron chi connectivity index (χ0n) is 12.4. The van der Waals surface area contributed by atoms with Crippen LogP contribution in [0.5, 0.6) is 5.75 Å². The molecule has 0 aromatic heterocycles. The van der Waals surface area contributed by atoms with Crippen LogP contribution in [-0.2, 0) is 14.3 Å². The lowest BCUT2D eigenvalue weighted by atomic mass is 9.88. The number of carbonyl (C=O) groups is 1. The molecule has 4 nitrogen and oxygen atoms in total. The Balaban J connectivity index is 3.34. The lowest BCUT2D eigenvalue weighted by molar-refractivity contribution is -0.140. The lowest BCUT2D eigenvalue weighted by Gasteiger charge is -2.21. The van der Waals surface area contributed by atoms with Crippen molar-refractivity contribution in [2.45, 2.75) is 33.1 Å². The molecule has 0 saturated heterocycles. The highest BCUT2D eigenvalue weighted by atomic mass is 32.1. The molecule has 1 atom stereocenters.